The molecule has 1 unspecified atom stereocenters. The Morgan fingerprint density at radius 2 is 2.26 bits per heavy atom. The molecule has 0 aliphatic carbocycles. The SMILES string of the molecule is CCOCC1Cc2c(ncn2C)CN1C(=O)Cc1ccn(C)n1. The Labute approximate surface area is 135 Å². The first-order chi connectivity index (χ1) is 11.1. The zero-order chi connectivity index (χ0) is 16.4. The van der Waals surface area contributed by atoms with Crippen LogP contribution in [-0.4, -0.2) is 49.4 Å². The molecule has 2 aromatic heterocycles. The van der Waals surface area contributed by atoms with E-state index in [1.54, 1.807) is 4.68 Å². The van der Waals surface area contributed by atoms with Crippen molar-refractivity contribution in [3.63, 3.8) is 0 Å². The number of imidazole rings is 1. The number of hydrogen-bond acceptors (Lipinski definition) is 4. The molecule has 1 amide bonds. The second kappa shape index (κ2) is 6.54. The lowest BCUT2D eigenvalue weighted by molar-refractivity contribution is -0.135. The number of nitrogens with zero attached hydrogens (tertiary/aromatic N) is 5. The summed E-state index contributed by atoms with van der Waals surface area (Å²) in [5.41, 5.74) is 2.96. The first-order valence-electron chi connectivity index (χ1n) is 7.93. The lowest BCUT2D eigenvalue weighted by atomic mass is 10.0. The van der Waals surface area contributed by atoms with Crippen molar-refractivity contribution in [3.05, 3.63) is 35.7 Å². The summed E-state index contributed by atoms with van der Waals surface area (Å²) >= 11 is 0. The molecule has 7 nitrogen and oxygen atoms in total. The van der Waals surface area contributed by atoms with E-state index in [9.17, 15) is 4.79 Å². The van der Waals surface area contributed by atoms with E-state index in [1.807, 2.05) is 49.1 Å². The first-order valence-corrected chi connectivity index (χ1v) is 7.93. The third-order valence-corrected chi connectivity index (χ3v) is 4.27. The number of amides is 1. The van der Waals surface area contributed by atoms with Gasteiger partial charge < -0.3 is 14.2 Å². The highest BCUT2D eigenvalue weighted by atomic mass is 16.5. The lowest BCUT2D eigenvalue weighted by Crippen LogP contribution is -2.47. The standard InChI is InChI=1S/C16H23N5O2/c1-4-23-10-13-8-15-14(17-11-19(15)2)9-21(13)16(22)7-12-5-6-20(3)18-12/h5-6,11,13H,4,7-10H2,1-3H3. The van der Waals surface area contributed by atoms with Gasteiger partial charge in [-0.05, 0) is 13.0 Å². The molecule has 23 heavy (non-hydrogen) atoms. The molecule has 0 spiro atoms. The van der Waals surface area contributed by atoms with Gasteiger partial charge in [0.2, 0.25) is 5.91 Å². The summed E-state index contributed by atoms with van der Waals surface area (Å²) in [7, 11) is 3.85. The molecule has 3 rings (SSSR count). The van der Waals surface area contributed by atoms with Crippen molar-refractivity contribution in [2.24, 2.45) is 14.1 Å². The van der Waals surface area contributed by atoms with Crippen molar-refractivity contribution < 1.29 is 9.53 Å². The Balaban J connectivity index is 1.78. The Morgan fingerprint density at radius 3 is 2.96 bits per heavy atom. The van der Waals surface area contributed by atoms with Gasteiger partial charge in [0.25, 0.3) is 0 Å². The van der Waals surface area contributed by atoms with Gasteiger partial charge in [0.1, 0.15) is 0 Å². The molecule has 0 saturated heterocycles. The van der Waals surface area contributed by atoms with Crippen LogP contribution in [0.25, 0.3) is 0 Å². The van der Waals surface area contributed by atoms with E-state index in [4.69, 9.17) is 4.74 Å². The van der Waals surface area contributed by atoms with Crippen LogP contribution in [0, 0.1) is 0 Å². The summed E-state index contributed by atoms with van der Waals surface area (Å²) in [6.07, 6.45) is 4.76. The van der Waals surface area contributed by atoms with E-state index in [0.29, 0.717) is 26.2 Å². The van der Waals surface area contributed by atoms with Crippen LogP contribution < -0.4 is 0 Å². The summed E-state index contributed by atoms with van der Waals surface area (Å²) in [6.45, 7) is 3.71. The van der Waals surface area contributed by atoms with Gasteiger partial charge in [-0.25, -0.2) is 4.98 Å². The van der Waals surface area contributed by atoms with Crippen molar-refractivity contribution in [2.75, 3.05) is 13.2 Å². The number of aromatic nitrogens is 4. The molecule has 7 heteroatoms. The summed E-state index contributed by atoms with van der Waals surface area (Å²) in [5, 5.41) is 4.30. The van der Waals surface area contributed by atoms with Crippen LogP contribution in [-0.2, 0) is 43.0 Å². The lowest BCUT2D eigenvalue weighted by Gasteiger charge is -2.35. The van der Waals surface area contributed by atoms with Crippen molar-refractivity contribution in [1.29, 1.82) is 0 Å². The van der Waals surface area contributed by atoms with Crippen molar-refractivity contribution in [1.82, 2.24) is 24.2 Å². The smallest absolute Gasteiger partial charge is 0.229 e. The van der Waals surface area contributed by atoms with Crippen LogP contribution in [0.15, 0.2) is 18.6 Å². The van der Waals surface area contributed by atoms with E-state index < -0.39 is 0 Å². The van der Waals surface area contributed by atoms with Crippen LogP contribution in [0.4, 0.5) is 0 Å². The number of carbonyl (C=O) groups excluding carboxylic acids is 1. The van der Waals surface area contributed by atoms with Crippen molar-refractivity contribution in [3.8, 4) is 0 Å². The number of carbonyl (C=O) groups is 1. The molecule has 1 aliphatic rings. The molecule has 0 N–H and O–H groups in total. The monoisotopic (exact) mass is 317 g/mol. The fraction of sp³-hybridized carbons (Fsp3) is 0.562. The maximum Gasteiger partial charge on any atom is 0.229 e. The van der Waals surface area contributed by atoms with Crippen molar-refractivity contribution >= 4 is 5.91 Å². The fourth-order valence-corrected chi connectivity index (χ4v) is 3.03. The number of fused-ring (bicyclic) bond motifs is 1. The van der Waals surface area contributed by atoms with Gasteiger partial charge in [-0.1, -0.05) is 0 Å². The Morgan fingerprint density at radius 1 is 1.43 bits per heavy atom. The molecular formula is C16H23N5O2. The van der Waals surface area contributed by atoms with Gasteiger partial charge in [-0.15, -0.1) is 0 Å². The normalized spacial score (nSPS) is 17.3. The average molecular weight is 317 g/mol. The topological polar surface area (TPSA) is 65.2 Å². The molecule has 1 atom stereocenters. The van der Waals surface area contributed by atoms with Gasteiger partial charge in [0.05, 0.1) is 43.3 Å². The van der Waals surface area contributed by atoms with Crippen LogP contribution in [0.2, 0.25) is 0 Å². The summed E-state index contributed by atoms with van der Waals surface area (Å²) in [5.74, 6) is 0.0738. The molecule has 1 aliphatic heterocycles. The third kappa shape index (κ3) is 3.29. The minimum Gasteiger partial charge on any atom is -0.380 e. The van der Waals surface area contributed by atoms with Gasteiger partial charge in [0.15, 0.2) is 0 Å². The van der Waals surface area contributed by atoms with Crippen LogP contribution >= 0.6 is 0 Å². The van der Waals surface area contributed by atoms with E-state index in [1.165, 1.54) is 5.69 Å². The predicted molar refractivity (Wildman–Crippen MR) is 84.7 cm³/mol. The quantitative estimate of drug-likeness (QED) is 0.814. The molecule has 124 valence electrons. The van der Waals surface area contributed by atoms with E-state index >= 15 is 0 Å². The maximum absolute atomic E-state index is 12.8. The highest BCUT2D eigenvalue weighted by Crippen LogP contribution is 2.23. The molecule has 0 bridgehead atoms. The predicted octanol–water partition coefficient (Wildman–Crippen LogP) is 0.686. The molecule has 0 radical (unpaired) electrons. The molecule has 0 aromatic carbocycles. The van der Waals surface area contributed by atoms with E-state index in [-0.39, 0.29) is 11.9 Å². The fourth-order valence-electron chi connectivity index (χ4n) is 3.03. The average Bonchev–Trinajstić information content (AvgIpc) is 3.10. The third-order valence-electron chi connectivity index (χ3n) is 4.27. The summed E-state index contributed by atoms with van der Waals surface area (Å²) < 4.78 is 9.35. The minimum atomic E-state index is 0.0501. The highest BCUT2D eigenvalue weighted by Gasteiger charge is 2.32. The molecule has 2 aromatic rings. The second-order valence-electron chi connectivity index (χ2n) is 5.95. The summed E-state index contributed by atoms with van der Waals surface area (Å²) in [6, 6.07) is 1.93. The van der Waals surface area contributed by atoms with Crippen LogP contribution in [0.3, 0.4) is 0 Å². The Hall–Kier alpha value is -2.15. The Bertz CT molecular complexity index is 690. The number of aryl methyl sites for hydroxylation is 2. The zero-order valence-corrected chi connectivity index (χ0v) is 13.9. The molecule has 0 saturated carbocycles. The Kier molecular flexibility index (Phi) is 4.47. The number of hydrogen-bond donors (Lipinski definition) is 0. The van der Waals surface area contributed by atoms with Crippen molar-refractivity contribution in [2.45, 2.75) is 32.4 Å². The van der Waals surface area contributed by atoms with Crippen LogP contribution in [0.5, 0.6) is 0 Å². The highest BCUT2D eigenvalue weighted by molar-refractivity contribution is 5.79. The molecular weight excluding hydrogens is 294 g/mol. The largest absolute Gasteiger partial charge is 0.380 e. The van der Waals surface area contributed by atoms with Crippen LogP contribution in [0.1, 0.15) is 24.0 Å². The number of ether oxygens (including phenoxy) is 1. The zero-order valence-electron chi connectivity index (χ0n) is 13.9. The van der Waals surface area contributed by atoms with Gasteiger partial charge in [-0.2, -0.15) is 5.10 Å². The minimum absolute atomic E-state index is 0.0501. The van der Waals surface area contributed by atoms with E-state index in [2.05, 4.69) is 10.1 Å². The first kappa shape index (κ1) is 15.7. The second-order valence-corrected chi connectivity index (χ2v) is 5.95. The van der Waals surface area contributed by atoms with E-state index in [0.717, 1.165) is 17.8 Å². The summed E-state index contributed by atoms with van der Waals surface area (Å²) in [4.78, 5) is 19.1. The number of rotatable bonds is 5. The van der Waals surface area contributed by atoms with Gasteiger partial charge >= 0.3 is 0 Å². The molecule has 3 heterocycles. The maximum atomic E-state index is 12.8. The van der Waals surface area contributed by atoms with Gasteiger partial charge in [-0.3, -0.25) is 9.48 Å². The van der Waals surface area contributed by atoms with Gasteiger partial charge in [0, 0.05) is 39.0 Å². The molecule has 0 fully saturated rings.